The molecule has 24 heavy (non-hydrogen) atoms. The summed E-state index contributed by atoms with van der Waals surface area (Å²) in [4.78, 5) is 12.6. The van der Waals surface area contributed by atoms with E-state index in [1.54, 1.807) is 19.1 Å². The van der Waals surface area contributed by atoms with E-state index in [9.17, 15) is 4.79 Å². The van der Waals surface area contributed by atoms with Gasteiger partial charge in [0.1, 0.15) is 21.9 Å². The van der Waals surface area contributed by atoms with Crippen LogP contribution in [0.4, 0.5) is 0 Å². The summed E-state index contributed by atoms with van der Waals surface area (Å²) in [5.41, 5.74) is 7.24. The van der Waals surface area contributed by atoms with E-state index >= 15 is 0 Å². The highest BCUT2D eigenvalue weighted by Crippen LogP contribution is 2.41. The summed E-state index contributed by atoms with van der Waals surface area (Å²) in [6.07, 6.45) is 0.694. The monoisotopic (exact) mass is 364 g/mol. The Balaban J connectivity index is 2.09. The number of thioether (sulfide) groups is 1. The second kappa shape index (κ2) is 6.14. The topological polar surface area (TPSA) is 84.7 Å². The number of aromatic nitrogens is 1. The van der Waals surface area contributed by atoms with Crippen molar-refractivity contribution in [2.24, 2.45) is 10.8 Å². The first kappa shape index (κ1) is 16.9. The van der Waals surface area contributed by atoms with Gasteiger partial charge in [-0.3, -0.25) is 4.79 Å². The van der Waals surface area contributed by atoms with Crippen LogP contribution in [0.25, 0.3) is 11.3 Å². The molecule has 1 amide bonds. The summed E-state index contributed by atoms with van der Waals surface area (Å²) in [5, 5.41) is 10.5. The average Bonchev–Trinajstić information content (AvgIpc) is 3.07. The Hall–Kier alpha value is -1.99. The minimum absolute atomic E-state index is 0.305. The number of halogens is 1. The molecular formula is C16H17ClN4O2S. The molecule has 0 radical (unpaired) electrons. The predicted molar refractivity (Wildman–Crippen MR) is 95.8 cm³/mol. The van der Waals surface area contributed by atoms with Gasteiger partial charge in [-0.2, -0.15) is 0 Å². The number of carbonyl (C=O) groups excluding carboxylic acids is 1. The van der Waals surface area contributed by atoms with Crippen molar-refractivity contribution in [1.29, 1.82) is 0 Å². The third-order valence-electron chi connectivity index (χ3n) is 4.02. The number of aryl methyl sites for hydroxylation is 1. The molecule has 0 fully saturated rings. The highest BCUT2D eigenvalue weighted by Gasteiger charge is 2.43. The van der Waals surface area contributed by atoms with E-state index in [2.05, 4.69) is 10.3 Å². The van der Waals surface area contributed by atoms with Crippen LogP contribution in [0.5, 0.6) is 0 Å². The quantitative estimate of drug-likeness (QED) is 0.894. The zero-order valence-electron chi connectivity index (χ0n) is 13.5. The molecule has 0 saturated heterocycles. The number of nitrogens with two attached hydrogens (primary N) is 1. The van der Waals surface area contributed by atoms with Gasteiger partial charge in [-0.05, 0) is 26.3 Å². The highest BCUT2D eigenvalue weighted by molar-refractivity contribution is 8.15. The maximum absolute atomic E-state index is 13.2. The first-order valence-electron chi connectivity index (χ1n) is 7.46. The second-order valence-electron chi connectivity index (χ2n) is 5.63. The number of hydrazone groups is 1. The Labute approximate surface area is 149 Å². The lowest BCUT2D eigenvalue weighted by Crippen LogP contribution is -2.41. The van der Waals surface area contributed by atoms with Gasteiger partial charge in [-0.15, -0.1) is 5.10 Å². The van der Waals surface area contributed by atoms with Gasteiger partial charge < -0.3 is 10.3 Å². The van der Waals surface area contributed by atoms with Gasteiger partial charge in [0.05, 0.1) is 5.02 Å². The average molecular weight is 365 g/mol. The molecule has 2 aromatic rings. The third kappa shape index (κ3) is 2.67. The van der Waals surface area contributed by atoms with E-state index in [1.807, 2.05) is 26.0 Å². The van der Waals surface area contributed by atoms with Gasteiger partial charge in [0.25, 0.3) is 5.91 Å². The first-order valence-corrected chi connectivity index (χ1v) is 8.65. The van der Waals surface area contributed by atoms with Gasteiger partial charge in [0.15, 0.2) is 5.17 Å². The van der Waals surface area contributed by atoms with E-state index in [0.717, 1.165) is 0 Å². The molecule has 1 aliphatic heterocycles. The lowest BCUT2D eigenvalue weighted by Gasteiger charge is -2.30. The Morgan fingerprint density at radius 1 is 1.46 bits per heavy atom. The maximum atomic E-state index is 13.2. The molecule has 6 nitrogen and oxygen atoms in total. The Bertz CT molecular complexity index is 835. The van der Waals surface area contributed by atoms with Crippen LogP contribution >= 0.6 is 23.4 Å². The predicted octanol–water partition coefficient (Wildman–Crippen LogP) is 3.85. The normalized spacial score (nSPS) is 20.3. The minimum atomic E-state index is -0.539. The number of amides is 1. The van der Waals surface area contributed by atoms with Crippen molar-refractivity contribution >= 4 is 34.4 Å². The summed E-state index contributed by atoms with van der Waals surface area (Å²) in [7, 11) is 0. The van der Waals surface area contributed by atoms with Gasteiger partial charge in [0, 0.05) is 5.56 Å². The first-order chi connectivity index (χ1) is 11.4. The second-order valence-corrected chi connectivity index (χ2v) is 7.54. The number of hydrogen-bond acceptors (Lipinski definition) is 6. The van der Waals surface area contributed by atoms with Gasteiger partial charge in [-0.25, -0.2) is 5.01 Å². The van der Waals surface area contributed by atoms with Gasteiger partial charge in [-0.1, -0.05) is 53.6 Å². The van der Waals surface area contributed by atoms with Gasteiger partial charge >= 0.3 is 0 Å². The molecule has 1 aromatic carbocycles. The molecule has 3 rings (SSSR count). The van der Waals surface area contributed by atoms with Crippen LogP contribution in [-0.4, -0.2) is 26.1 Å². The number of nitrogens with zero attached hydrogens (tertiary/aromatic N) is 3. The highest BCUT2D eigenvalue weighted by atomic mass is 35.5. The summed E-state index contributed by atoms with van der Waals surface area (Å²) in [5.74, 6) is 0.111. The van der Waals surface area contributed by atoms with Crippen molar-refractivity contribution in [2.75, 3.05) is 0 Å². The largest absolute Gasteiger partial charge is 0.377 e. The minimum Gasteiger partial charge on any atom is -0.377 e. The van der Waals surface area contributed by atoms with Crippen LogP contribution in [0.15, 0.2) is 33.9 Å². The fraction of sp³-hybridized carbons (Fsp3) is 0.312. The van der Waals surface area contributed by atoms with E-state index in [1.165, 1.54) is 16.8 Å². The van der Waals surface area contributed by atoms with Crippen molar-refractivity contribution < 1.29 is 9.32 Å². The number of hydrogen-bond donors (Lipinski definition) is 1. The Morgan fingerprint density at radius 2 is 2.17 bits per heavy atom. The van der Waals surface area contributed by atoms with Crippen LogP contribution in [0.1, 0.15) is 36.4 Å². The van der Waals surface area contributed by atoms with Crippen molar-refractivity contribution in [3.05, 3.63) is 40.6 Å². The molecule has 0 aliphatic carbocycles. The van der Waals surface area contributed by atoms with Gasteiger partial charge in [0.2, 0.25) is 0 Å². The molecule has 0 spiro atoms. The Kier molecular flexibility index (Phi) is 4.31. The van der Waals surface area contributed by atoms with E-state index in [0.29, 0.717) is 39.2 Å². The standard InChI is InChI=1S/C16H17ClN4O2S/c1-4-16(3)21(19-15(18)24-16)14(22)12-9(2)23-20-13(12)10-7-5-6-8-11(10)17/h5-8H,4H2,1-3H3,(H2,18,19). The van der Waals surface area contributed by atoms with E-state index < -0.39 is 4.87 Å². The van der Waals surface area contributed by atoms with Crippen molar-refractivity contribution in [1.82, 2.24) is 10.2 Å². The number of amidine groups is 1. The Morgan fingerprint density at radius 3 is 2.83 bits per heavy atom. The third-order valence-corrected chi connectivity index (χ3v) is 5.55. The molecule has 0 bridgehead atoms. The molecule has 126 valence electrons. The smallest absolute Gasteiger partial charge is 0.281 e. The lowest BCUT2D eigenvalue weighted by atomic mass is 10.0. The fourth-order valence-corrected chi connectivity index (χ4v) is 3.70. The number of carbonyl (C=O) groups is 1. The summed E-state index contributed by atoms with van der Waals surface area (Å²) >= 11 is 7.62. The van der Waals surface area contributed by atoms with Crippen molar-refractivity contribution in [3.63, 3.8) is 0 Å². The molecule has 1 atom stereocenters. The van der Waals surface area contributed by atoms with Crippen molar-refractivity contribution in [3.8, 4) is 11.3 Å². The molecule has 8 heteroatoms. The summed E-state index contributed by atoms with van der Waals surface area (Å²) in [6.45, 7) is 5.61. The molecule has 0 saturated carbocycles. The maximum Gasteiger partial charge on any atom is 0.281 e. The van der Waals surface area contributed by atoms with Crippen LogP contribution in [-0.2, 0) is 0 Å². The summed E-state index contributed by atoms with van der Waals surface area (Å²) < 4.78 is 5.27. The van der Waals surface area contributed by atoms with Crippen LogP contribution in [0, 0.1) is 6.92 Å². The SMILES string of the molecule is CCC1(C)SC(N)=NN1C(=O)c1c(-c2ccccc2Cl)noc1C. The fourth-order valence-electron chi connectivity index (χ4n) is 2.54. The zero-order chi connectivity index (χ0) is 17.5. The molecule has 2 N–H and O–H groups in total. The molecule has 2 heterocycles. The molecule has 1 aliphatic rings. The van der Waals surface area contributed by atoms with E-state index in [-0.39, 0.29) is 5.91 Å². The number of rotatable bonds is 3. The molecule has 1 unspecified atom stereocenters. The van der Waals surface area contributed by atoms with E-state index in [4.69, 9.17) is 21.9 Å². The molecular weight excluding hydrogens is 348 g/mol. The van der Waals surface area contributed by atoms with Crippen LogP contribution in [0.3, 0.4) is 0 Å². The molecule has 1 aromatic heterocycles. The zero-order valence-corrected chi connectivity index (χ0v) is 15.1. The lowest BCUT2D eigenvalue weighted by molar-refractivity contribution is 0.0668. The summed E-state index contributed by atoms with van der Waals surface area (Å²) in [6, 6.07) is 7.19. The van der Waals surface area contributed by atoms with Crippen LogP contribution in [0.2, 0.25) is 5.02 Å². The number of benzene rings is 1. The van der Waals surface area contributed by atoms with Crippen LogP contribution < -0.4 is 5.73 Å². The van der Waals surface area contributed by atoms with Crippen molar-refractivity contribution in [2.45, 2.75) is 32.1 Å².